The number of rotatable bonds is 1. The monoisotopic (exact) mass is 168 g/mol. The van der Waals surface area contributed by atoms with Gasteiger partial charge >= 0.3 is 0 Å². The van der Waals surface area contributed by atoms with Crippen molar-refractivity contribution in [2.24, 2.45) is 10.8 Å². The molecule has 0 aliphatic heterocycles. The molecule has 1 aliphatic rings. The van der Waals surface area contributed by atoms with E-state index in [1.165, 1.54) is 6.42 Å². The highest BCUT2D eigenvalue weighted by molar-refractivity contribution is 5.10. The summed E-state index contributed by atoms with van der Waals surface area (Å²) >= 11 is 0. The van der Waals surface area contributed by atoms with E-state index < -0.39 is 0 Å². The maximum atomic E-state index is 9.56. The molecule has 1 N–H and O–H groups in total. The van der Waals surface area contributed by atoms with E-state index in [0.29, 0.717) is 5.41 Å². The summed E-state index contributed by atoms with van der Waals surface area (Å²) in [6.07, 6.45) is 6.45. The average molecular weight is 168 g/mol. The normalized spacial score (nSPS) is 36.4. The fourth-order valence-corrected chi connectivity index (χ4v) is 1.52. The molecule has 0 saturated heterocycles. The van der Waals surface area contributed by atoms with Crippen LogP contribution in [0.2, 0.25) is 0 Å². The summed E-state index contributed by atoms with van der Waals surface area (Å²) in [6, 6.07) is 0. The Bertz CT molecular complexity index is 191. The van der Waals surface area contributed by atoms with E-state index >= 15 is 0 Å². The predicted octanol–water partition coefficient (Wildman–Crippen LogP) is 2.75. The van der Waals surface area contributed by atoms with Gasteiger partial charge in [0.05, 0.1) is 6.10 Å². The minimum Gasteiger partial charge on any atom is -0.393 e. The van der Waals surface area contributed by atoms with Crippen molar-refractivity contribution in [3.05, 3.63) is 12.2 Å². The molecule has 0 fully saturated rings. The smallest absolute Gasteiger partial charge is 0.0600 e. The molecule has 1 nitrogen and oxygen atoms in total. The third-order valence-electron chi connectivity index (χ3n) is 3.18. The molecule has 1 aliphatic carbocycles. The quantitative estimate of drug-likeness (QED) is 0.597. The Balaban J connectivity index is 2.77. The number of aliphatic hydroxyl groups excluding tert-OH is 1. The Labute approximate surface area is 75.5 Å². The van der Waals surface area contributed by atoms with E-state index in [0.717, 1.165) is 6.42 Å². The van der Waals surface area contributed by atoms with Crippen LogP contribution in [0.1, 0.15) is 40.5 Å². The minimum absolute atomic E-state index is 0.00944. The summed E-state index contributed by atoms with van der Waals surface area (Å²) in [7, 11) is 0. The van der Waals surface area contributed by atoms with Crippen LogP contribution in [0.5, 0.6) is 0 Å². The van der Waals surface area contributed by atoms with Gasteiger partial charge in [-0.15, -0.1) is 0 Å². The first-order valence-electron chi connectivity index (χ1n) is 4.74. The molecule has 0 aromatic heterocycles. The van der Waals surface area contributed by atoms with Crippen molar-refractivity contribution in [1.82, 2.24) is 0 Å². The molecule has 1 heteroatoms. The highest BCUT2D eigenvalue weighted by atomic mass is 16.3. The molecule has 70 valence electrons. The van der Waals surface area contributed by atoms with Gasteiger partial charge in [-0.25, -0.2) is 0 Å². The van der Waals surface area contributed by atoms with Crippen molar-refractivity contribution in [2.45, 2.75) is 46.6 Å². The highest BCUT2D eigenvalue weighted by Crippen LogP contribution is 2.40. The first-order valence-corrected chi connectivity index (χ1v) is 4.74. The van der Waals surface area contributed by atoms with Crippen LogP contribution in [0.25, 0.3) is 0 Å². The molecule has 0 heterocycles. The van der Waals surface area contributed by atoms with Crippen LogP contribution in [0.3, 0.4) is 0 Å². The molecule has 2 atom stereocenters. The van der Waals surface area contributed by atoms with Crippen LogP contribution in [0, 0.1) is 10.8 Å². The van der Waals surface area contributed by atoms with Crippen molar-refractivity contribution >= 4 is 0 Å². The van der Waals surface area contributed by atoms with Gasteiger partial charge in [-0.2, -0.15) is 0 Å². The molecule has 2 unspecified atom stereocenters. The largest absolute Gasteiger partial charge is 0.393 e. The van der Waals surface area contributed by atoms with E-state index in [4.69, 9.17) is 0 Å². The van der Waals surface area contributed by atoms with Gasteiger partial charge < -0.3 is 5.11 Å². The molecule has 0 bridgehead atoms. The summed E-state index contributed by atoms with van der Waals surface area (Å²) < 4.78 is 0. The average Bonchev–Trinajstić information content (AvgIpc) is 1.96. The lowest BCUT2D eigenvalue weighted by atomic mass is 9.69. The summed E-state index contributed by atoms with van der Waals surface area (Å²) in [4.78, 5) is 0. The molecule has 0 aromatic carbocycles. The minimum atomic E-state index is -0.232. The van der Waals surface area contributed by atoms with E-state index in [1.54, 1.807) is 0 Å². The van der Waals surface area contributed by atoms with Crippen molar-refractivity contribution in [1.29, 1.82) is 0 Å². The van der Waals surface area contributed by atoms with Crippen LogP contribution < -0.4 is 0 Å². The fourth-order valence-electron chi connectivity index (χ4n) is 1.52. The Morgan fingerprint density at radius 3 is 2.08 bits per heavy atom. The van der Waals surface area contributed by atoms with Crippen LogP contribution in [0.15, 0.2) is 12.2 Å². The predicted molar refractivity (Wildman–Crippen MR) is 51.9 cm³/mol. The highest BCUT2D eigenvalue weighted by Gasteiger charge is 2.33. The maximum Gasteiger partial charge on any atom is 0.0600 e. The van der Waals surface area contributed by atoms with Gasteiger partial charge in [0.1, 0.15) is 0 Å². The van der Waals surface area contributed by atoms with E-state index in [2.05, 4.69) is 32.9 Å². The number of hydrogen-bond donors (Lipinski definition) is 1. The lowest BCUT2D eigenvalue weighted by Crippen LogP contribution is -2.32. The number of hydrogen-bond acceptors (Lipinski definition) is 1. The summed E-state index contributed by atoms with van der Waals surface area (Å²) in [5.74, 6) is 0. The van der Waals surface area contributed by atoms with Gasteiger partial charge in [0.25, 0.3) is 0 Å². The molecule has 0 radical (unpaired) electrons. The Morgan fingerprint density at radius 1 is 1.17 bits per heavy atom. The lowest BCUT2D eigenvalue weighted by molar-refractivity contribution is 0.0666. The molecule has 0 aromatic rings. The fraction of sp³-hybridized carbons (Fsp3) is 0.818. The summed E-state index contributed by atoms with van der Waals surface area (Å²) in [5.41, 5.74) is 0.337. The van der Waals surface area contributed by atoms with E-state index in [1.807, 2.05) is 6.92 Å². The Morgan fingerprint density at radius 2 is 1.75 bits per heavy atom. The van der Waals surface area contributed by atoms with Crippen LogP contribution in [-0.2, 0) is 0 Å². The lowest BCUT2D eigenvalue weighted by Gasteiger charge is -2.37. The van der Waals surface area contributed by atoms with Gasteiger partial charge in [0, 0.05) is 5.41 Å². The SMILES string of the molecule is CC(O)C1(C)C=CC(C)(C)CC1. The van der Waals surface area contributed by atoms with Crippen LogP contribution in [0.4, 0.5) is 0 Å². The van der Waals surface area contributed by atoms with Gasteiger partial charge in [-0.05, 0) is 25.2 Å². The second kappa shape index (κ2) is 2.88. The van der Waals surface area contributed by atoms with E-state index in [-0.39, 0.29) is 11.5 Å². The first-order chi connectivity index (χ1) is 5.36. The zero-order chi connectivity index (χ0) is 9.41. The van der Waals surface area contributed by atoms with Gasteiger partial charge in [-0.3, -0.25) is 0 Å². The van der Waals surface area contributed by atoms with Crippen molar-refractivity contribution < 1.29 is 5.11 Å². The molecule has 0 amide bonds. The van der Waals surface area contributed by atoms with Crippen molar-refractivity contribution in [2.75, 3.05) is 0 Å². The number of aliphatic hydroxyl groups is 1. The molecule has 0 spiro atoms. The Kier molecular flexibility index (Phi) is 2.35. The molecular weight excluding hydrogens is 148 g/mol. The molecule has 12 heavy (non-hydrogen) atoms. The van der Waals surface area contributed by atoms with Gasteiger partial charge in [0.2, 0.25) is 0 Å². The van der Waals surface area contributed by atoms with Crippen molar-refractivity contribution in [3.8, 4) is 0 Å². The van der Waals surface area contributed by atoms with Crippen LogP contribution in [-0.4, -0.2) is 11.2 Å². The van der Waals surface area contributed by atoms with Crippen LogP contribution >= 0.6 is 0 Å². The third kappa shape index (κ3) is 1.89. The topological polar surface area (TPSA) is 20.2 Å². The molecule has 1 rings (SSSR count). The summed E-state index contributed by atoms with van der Waals surface area (Å²) in [5, 5.41) is 9.56. The number of allylic oxidation sites excluding steroid dienone is 1. The summed E-state index contributed by atoms with van der Waals surface area (Å²) in [6.45, 7) is 8.49. The maximum absolute atomic E-state index is 9.56. The standard InChI is InChI=1S/C11H20O/c1-9(12)11(4)7-5-10(2,3)6-8-11/h5,7,9,12H,6,8H2,1-4H3. The first kappa shape index (κ1) is 9.79. The molecular formula is C11H20O. The second-order valence-electron chi connectivity index (χ2n) is 5.00. The van der Waals surface area contributed by atoms with E-state index in [9.17, 15) is 5.11 Å². The zero-order valence-electron chi connectivity index (χ0n) is 8.59. The zero-order valence-corrected chi connectivity index (χ0v) is 8.59. The second-order valence-corrected chi connectivity index (χ2v) is 5.00. The van der Waals surface area contributed by atoms with Gasteiger partial charge in [0.15, 0.2) is 0 Å². The van der Waals surface area contributed by atoms with Crippen molar-refractivity contribution in [3.63, 3.8) is 0 Å². The van der Waals surface area contributed by atoms with Gasteiger partial charge in [-0.1, -0.05) is 32.9 Å². The third-order valence-corrected chi connectivity index (χ3v) is 3.18. The Hall–Kier alpha value is -0.300. The molecule has 0 saturated carbocycles.